The Hall–Kier alpha value is -2.04. The Morgan fingerprint density at radius 3 is 2.58 bits per heavy atom. The van der Waals surface area contributed by atoms with Crippen LogP contribution in [-0.4, -0.2) is 24.1 Å². The molecule has 0 aliphatic rings. The number of hydrogen-bond acceptors (Lipinski definition) is 3. The van der Waals surface area contributed by atoms with Crippen LogP contribution in [0.25, 0.3) is 0 Å². The van der Waals surface area contributed by atoms with E-state index in [4.69, 9.17) is 9.84 Å². The molecule has 0 aliphatic carbocycles. The predicted octanol–water partition coefficient (Wildman–Crippen LogP) is 2.77. The highest BCUT2D eigenvalue weighted by Gasteiger charge is 2.13. The molecular weight excluding hydrogens is 246 g/mol. The van der Waals surface area contributed by atoms with Crippen LogP contribution in [0.1, 0.15) is 37.0 Å². The summed E-state index contributed by atoms with van der Waals surface area (Å²) in [6, 6.07) is 4.48. The summed E-state index contributed by atoms with van der Waals surface area (Å²) >= 11 is 0. The smallest absolute Gasteiger partial charge is 0.337 e. The number of nitrogens with one attached hydrogen (secondary N) is 1. The highest BCUT2D eigenvalue weighted by Crippen LogP contribution is 2.23. The van der Waals surface area contributed by atoms with Crippen LogP contribution >= 0.6 is 0 Å². The minimum atomic E-state index is -1.08. The number of hydrogen-bond donors (Lipinski definition) is 2. The number of amides is 1. The zero-order valence-electron chi connectivity index (χ0n) is 11.4. The summed E-state index contributed by atoms with van der Waals surface area (Å²) in [5.74, 6) is -0.342. The molecule has 0 heterocycles. The zero-order valence-corrected chi connectivity index (χ0v) is 11.4. The number of carbonyl (C=O) groups excluding carboxylic acids is 1. The lowest BCUT2D eigenvalue weighted by Crippen LogP contribution is -2.15. The maximum Gasteiger partial charge on any atom is 0.337 e. The van der Waals surface area contributed by atoms with Gasteiger partial charge in [0.05, 0.1) is 18.4 Å². The number of ether oxygens (including phenoxy) is 1. The second-order valence-corrected chi connectivity index (χ2v) is 4.70. The average molecular weight is 265 g/mol. The number of carbonyl (C=O) groups is 2. The molecule has 0 fully saturated rings. The van der Waals surface area contributed by atoms with Gasteiger partial charge in [-0.15, -0.1) is 0 Å². The Morgan fingerprint density at radius 2 is 2.05 bits per heavy atom. The molecular formula is C14H19NO4. The molecule has 5 nitrogen and oxygen atoms in total. The number of carboxylic acid groups (broad SMARTS) is 1. The highest BCUT2D eigenvalue weighted by molar-refractivity contribution is 6.00. The van der Waals surface area contributed by atoms with Crippen LogP contribution in [0.15, 0.2) is 18.2 Å². The molecule has 0 saturated heterocycles. The normalized spacial score (nSPS) is 10.3. The van der Waals surface area contributed by atoms with E-state index < -0.39 is 5.97 Å². The molecule has 0 saturated carbocycles. The molecule has 0 radical (unpaired) electrons. The molecule has 0 atom stereocenters. The molecule has 104 valence electrons. The van der Waals surface area contributed by atoms with E-state index in [0.717, 1.165) is 6.42 Å². The first kappa shape index (κ1) is 15.0. The summed E-state index contributed by atoms with van der Waals surface area (Å²) in [7, 11) is 1.49. The Kier molecular flexibility index (Phi) is 5.36. The minimum absolute atomic E-state index is 0.0543. The van der Waals surface area contributed by atoms with Gasteiger partial charge < -0.3 is 15.2 Å². The van der Waals surface area contributed by atoms with E-state index in [1.807, 2.05) is 13.8 Å². The van der Waals surface area contributed by atoms with Gasteiger partial charge in [0.15, 0.2) is 0 Å². The second kappa shape index (κ2) is 6.78. The molecule has 0 unspecified atom stereocenters. The van der Waals surface area contributed by atoms with Gasteiger partial charge in [0.2, 0.25) is 5.91 Å². The first-order valence-corrected chi connectivity index (χ1v) is 6.15. The van der Waals surface area contributed by atoms with E-state index >= 15 is 0 Å². The maximum absolute atomic E-state index is 11.7. The molecule has 1 rings (SSSR count). The first-order valence-electron chi connectivity index (χ1n) is 6.15. The van der Waals surface area contributed by atoms with Gasteiger partial charge in [-0.1, -0.05) is 13.8 Å². The molecule has 1 amide bonds. The third-order valence-corrected chi connectivity index (χ3v) is 2.68. The van der Waals surface area contributed by atoms with Gasteiger partial charge in [-0.2, -0.15) is 0 Å². The molecule has 5 heteroatoms. The van der Waals surface area contributed by atoms with Gasteiger partial charge in [-0.05, 0) is 24.5 Å². The summed E-state index contributed by atoms with van der Waals surface area (Å²) < 4.78 is 5.03. The molecule has 0 bridgehead atoms. The van der Waals surface area contributed by atoms with Crippen molar-refractivity contribution in [3.63, 3.8) is 0 Å². The van der Waals surface area contributed by atoms with Gasteiger partial charge >= 0.3 is 5.97 Å². The van der Waals surface area contributed by atoms with Crippen LogP contribution in [0.3, 0.4) is 0 Å². The van der Waals surface area contributed by atoms with Gasteiger partial charge in [0, 0.05) is 12.5 Å². The van der Waals surface area contributed by atoms with Gasteiger partial charge in [-0.25, -0.2) is 4.79 Å². The van der Waals surface area contributed by atoms with Gasteiger partial charge in [0.1, 0.15) is 5.75 Å². The number of aromatic carboxylic acids is 1. The molecule has 1 aromatic rings. The van der Waals surface area contributed by atoms with E-state index in [-0.39, 0.29) is 17.2 Å². The number of methoxy groups -OCH3 is 1. The van der Waals surface area contributed by atoms with E-state index in [1.165, 1.54) is 19.2 Å². The van der Waals surface area contributed by atoms with Crippen molar-refractivity contribution in [3.05, 3.63) is 23.8 Å². The lowest BCUT2D eigenvalue weighted by Gasteiger charge is -2.11. The van der Waals surface area contributed by atoms with Crippen LogP contribution in [0.4, 0.5) is 5.69 Å². The summed E-state index contributed by atoms with van der Waals surface area (Å²) in [5.41, 5.74) is 0.319. The van der Waals surface area contributed by atoms with Crippen LogP contribution in [0.5, 0.6) is 5.75 Å². The number of benzene rings is 1. The summed E-state index contributed by atoms with van der Waals surface area (Å²) in [4.78, 5) is 22.8. The van der Waals surface area contributed by atoms with Crippen molar-refractivity contribution in [2.75, 3.05) is 12.4 Å². The van der Waals surface area contributed by atoms with Crippen LogP contribution in [0.2, 0.25) is 0 Å². The molecule has 0 spiro atoms. The van der Waals surface area contributed by atoms with Gasteiger partial charge in [0.25, 0.3) is 0 Å². The fourth-order valence-electron chi connectivity index (χ4n) is 1.57. The quantitative estimate of drug-likeness (QED) is 0.829. The molecule has 2 N–H and O–H groups in total. The van der Waals surface area contributed by atoms with Crippen molar-refractivity contribution < 1.29 is 19.4 Å². The first-order chi connectivity index (χ1) is 8.93. The third-order valence-electron chi connectivity index (χ3n) is 2.68. The second-order valence-electron chi connectivity index (χ2n) is 4.70. The maximum atomic E-state index is 11.7. The van der Waals surface area contributed by atoms with Crippen molar-refractivity contribution in [2.45, 2.75) is 26.7 Å². The van der Waals surface area contributed by atoms with E-state index in [1.54, 1.807) is 6.07 Å². The van der Waals surface area contributed by atoms with Crippen LogP contribution in [0, 0.1) is 5.92 Å². The van der Waals surface area contributed by atoms with Crippen molar-refractivity contribution in [1.29, 1.82) is 0 Å². The number of anilines is 1. The van der Waals surface area contributed by atoms with Gasteiger partial charge in [-0.3, -0.25) is 4.79 Å². The Balaban J connectivity index is 2.85. The lowest BCUT2D eigenvalue weighted by atomic mass is 10.1. The largest absolute Gasteiger partial charge is 0.497 e. The third kappa shape index (κ3) is 4.62. The average Bonchev–Trinajstić information content (AvgIpc) is 2.35. The standard InChI is InChI=1S/C14H19NO4/c1-9(2)4-7-13(16)15-12-8-10(19-3)5-6-11(12)14(17)18/h5-6,8-9H,4,7H2,1-3H3,(H,15,16)(H,17,18). The predicted molar refractivity (Wildman–Crippen MR) is 72.7 cm³/mol. The summed E-state index contributed by atoms with van der Waals surface area (Å²) in [5, 5.41) is 11.7. The Bertz CT molecular complexity index is 469. The van der Waals surface area contributed by atoms with Crippen molar-refractivity contribution in [2.24, 2.45) is 5.92 Å². The number of rotatable bonds is 6. The van der Waals surface area contributed by atoms with Crippen LogP contribution < -0.4 is 10.1 Å². The van der Waals surface area contributed by atoms with E-state index in [2.05, 4.69) is 5.32 Å². The molecule has 19 heavy (non-hydrogen) atoms. The summed E-state index contributed by atoms with van der Waals surface area (Å²) in [6.45, 7) is 4.06. The van der Waals surface area contributed by atoms with E-state index in [0.29, 0.717) is 18.1 Å². The van der Waals surface area contributed by atoms with Crippen LogP contribution in [-0.2, 0) is 4.79 Å². The summed E-state index contributed by atoms with van der Waals surface area (Å²) in [6.07, 6.45) is 1.13. The lowest BCUT2D eigenvalue weighted by molar-refractivity contribution is -0.116. The minimum Gasteiger partial charge on any atom is -0.497 e. The SMILES string of the molecule is COc1ccc(C(=O)O)c(NC(=O)CCC(C)C)c1. The molecule has 0 aromatic heterocycles. The molecule has 1 aromatic carbocycles. The monoisotopic (exact) mass is 265 g/mol. The van der Waals surface area contributed by atoms with Crippen molar-refractivity contribution in [3.8, 4) is 5.75 Å². The molecule has 0 aliphatic heterocycles. The Morgan fingerprint density at radius 1 is 1.37 bits per heavy atom. The Labute approximate surface area is 112 Å². The highest BCUT2D eigenvalue weighted by atomic mass is 16.5. The van der Waals surface area contributed by atoms with E-state index in [9.17, 15) is 9.59 Å². The van der Waals surface area contributed by atoms with Crippen molar-refractivity contribution >= 4 is 17.6 Å². The topological polar surface area (TPSA) is 75.6 Å². The number of carboxylic acids is 1. The van der Waals surface area contributed by atoms with Crippen molar-refractivity contribution in [1.82, 2.24) is 0 Å². The fraction of sp³-hybridized carbons (Fsp3) is 0.429. The fourth-order valence-corrected chi connectivity index (χ4v) is 1.57. The zero-order chi connectivity index (χ0) is 14.4.